The summed E-state index contributed by atoms with van der Waals surface area (Å²) in [5.74, 6) is 0.544. The van der Waals surface area contributed by atoms with Crippen LogP contribution in [-0.4, -0.2) is 33.2 Å². The molecule has 0 bridgehead atoms. The third kappa shape index (κ3) is 2.28. The lowest BCUT2D eigenvalue weighted by Crippen LogP contribution is -2.43. The summed E-state index contributed by atoms with van der Waals surface area (Å²) in [7, 11) is 1.75. The highest BCUT2D eigenvalue weighted by atomic mass is 16.2. The zero-order valence-corrected chi connectivity index (χ0v) is 10.5. The summed E-state index contributed by atoms with van der Waals surface area (Å²) in [5.41, 5.74) is 6.17. The molecule has 2 rings (SSSR count). The van der Waals surface area contributed by atoms with Gasteiger partial charge in [0.25, 0.3) is 5.91 Å². The minimum absolute atomic E-state index is 0.0175. The van der Waals surface area contributed by atoms with Crippen LogP contribution in [0.4, 0.5) is 5.82 Å². The number of aromatic nitrogens is 2. The van der Waals surface area contributed by atoms with Gasteiger partial charge in [-0.15, -0.1) is 0 Å². The van der Waals surface area contributed by atoms with Crippen LogP contribution >= 0.6 is 0 Å². The van der Waals surface area contributed by atoms with Crippen LogP contribution in [0.2, 0.25) is 0 Å². The van der Waals surface area contributed by atoms with E-state index in [1.807, 2.05) is 4.90 Å². The molecule has 5 heteroatoms. The maximum Gasteiger partial charge on any atom is 0.274 e. The van der Waals surface area contributed by atoms with Crippen molar-refractivity contribution in [2.24, 2.45) is 7.05 Å². The minimum Gasteiger partial charge on any atom is -0.384 e. The van der Waals surface area contributed by atoms with Gasteiger partial charge in [0.1, 0.15) is 5.82 Å². The van der Waals surface area contributed by atoms with Crippen molar-refractivity contribution in [3.8, 4) is 0 Å². The van der Waals surface area contributed by atoms with Crippen molar-refractivity contribution in [3.05, 3.63) is 11.8 Å². The van der Waals surface area contributed by atoms with Gasteiger partial charge in [0.05, 0.1) is 0 Å². The zero-order valence-electron chi connectivity index (χ0n) is 10.5. The molecule has 1 saturated heterocycles. The normalized spacial score (nSPS) is 20.6. The van der Waals surface area contributed by atoms with E-state index in [2.05, 4.69) is 12.0 Å². The molecule has 1 aliphatic rings. The molecule has 1 amide bonds. The summed E-state index contributed by atoms with van der Waals surface area (Å²) >= 11 is 0. The summed E-state index contributed by atoms with van der Waals surface area (Å²) in [6.07, 6.45) is 4.41. The zero-order chi connectivity index (χ0) is 12.4. The number of rotatable bonds is 2. The molecular formula is C12H20N4O. The molecular weight excluding hydrogens is 216 g/mol. The van der Waals surface area contributed by atoms with Crippen molar-refractivity contribution >= 4 is 11.7 Å². The van der Waals surface area contributed by atoms with Crippen molar-refractivity contribution in [2.45, 2.75) is 38.6 Å². The van der Waals surface area contributed by atoms with Crippen LogP contribution in [0, 0.1) is 0 Å². The van der Waals surface area contributed by atoms with E-state index in [1.54, 1.807) is 13.1 Å². The standard InChI is InChI=1S/C12H20N4O/c1-3-9-6-4-5-7-16(9)12(17)10-8-11(13)15(2)14-10/h8-9H,3-7,13H2,1-2H3/t9-/m0/s1. The van der Waals surface area contributed by atoms with Gasteiger partial charge in [-0.05, 0) is 25.7 Å². The van der Waals surface area contributed by atoms with E-state index in [-0.39, 0.29) is 5.91 Å². The van der Waals surface area contributed by atoms with E-state index >= 15 is 0 Å². The largest absolute Gasteiger partial charge is 0.384 e. The molecule has 1 aromatic rings. The molecule has 5 nitrogen and oxygen atoms in total. The van der Waals surface area contributed by atoms with Crippen LogP contribution < -0.4 is 5.73 Å². The number of nitrogen functional groups attached to an aromatic ring is 1. The van der Waals surface area contributed by atoms with E-state index in [0.29, 0.717) is 17.6 Å². The van der Waals surface area contributed by atoms with E-state index < -0.39 is 0 Å². The van der Waals surface area contributed by atoms with Crippen LogP contribution in [-0.2, 0) is 7.05 Å². The van der Waals surface area contributed by atoms with Gasteiger partial charge in [-0.1, -0.05) is 6.92 Å². The average Bonchev–Trinajstić information content (AvgIpc) is 2.68. The summed E-state index contributed by atoms with van der Waals surface area (Å²) < 4.78 is 1.54. The molecule has 1 fully saturated rings. The number of hydrogen-bond acceptors (Lipinski definition) is 3. The monoisotopic (exact) mass is 236 g/mol. The van der Waals surface area contributed by atoms with Crippen molar-refractivity contribution in [1.82, 2.24) is 14.7 Å². The van der Waals surface area contributed by atoms with E-state index in [0.717, 1.165) is 25.8 Å². The Kier molecular flexibility index (Phi) is 3.36. The van der Waals surface area contributed by atoms with Gasteiger partial charge in [-0.2, -0.15) is 5.10 Å². The van der Waals surface area contributed by atoms with Gasteiger partial charge in [-0.3, -0.25) is 9.48 Å². The van der Waals surface area contributed by atoms with E-state index in [1.165, 1.54) is 11.1 Å². The number of nitrogens with two attached hydrogens (primary N) is 1. The summed E-state index contributed by atoms with van der Waals surface area (Å²) in [4.78, 5) is 14.3. The van der Waals surface area contributed by atoms with Crippen molar-refractivity contribution in [1.29, 1.82) is 0 Å². The summed E-state index contributed by atoms with van der Waals surface area (Å²) in [6, 6.07) is 2.02. The highest BCUT2D eigenvalue weighted by Crippen LogP contribution is 2.21. The van der Waals surface area contributed by atoms with Crippen LogP contribution in [0.3, 0.4) is 0 Å². The summed E-state index contributed by atoms with van der Waals surface area (Å²) in [5, 5.41) is 4.15. The summed E-state index contributed by atoms with van der Waals surface area (Å²) in [6.45, 7) is 2.97. The third-order valence-electron chi connectivity index (χ3n) is 3.49. The number of anilines is 1. The Bertz CT molecular complexity index is 393. The predicted octanol–water partition coefficient (Wildman–Crippen LogP) is 1.41. The molecule has 2 N–H and O–H groups in total. The first kappa shape index (κ1) is 12.0. The number of piperidine rings is 1. The number of hydrogen-bond donors (Lipinski definition) is 1. The molecule has 2 heterocycles. The second-order valence-electron chi connectivity index (χ2n) is 4.63. The molecule has 1 atom stereocenters. The molecule has 0 aromatic carbocycles. The number of likely N-dealkylation sites (tertiary alicyclic amines) is 1. The van der Waals surface area contributed by atoms with Gasteiger partial charge in [-0.25, -0.2) is 0 Å². The molecule has 0 saturated carbocycles. The molecule has 0 unspecified atom stereocenters. The van der Waals surface area contributed by atoms with Crippen molar-refractivity contribution < 1.29 is 4.79 Å². The lowest BCUT2D eigenvalue weighted by atomic mass is 9.99. The number of amides is 1. The Balaban J connectivity index is 2.18. The fourth-order valence-corrected chi connectivity index (χ4v) is 2.43. The van der Waals surface area contributed by atoms with Crippen LogP contribution in [0.15, 0.2) is 6.07 Å². The average molecular weight is 236 g/mol. The van der Waals surface area contributed by atoms with Gasteiger partial charge < -0.3 is 10.6 Å². The Hall–Kier alpha value is -1.52. The fourth-order valence-electron chi connectivity index (χ4n) is 2.43. The topological polar surface area (TPSA) is 64.2 Å². The first-order chi connectivity index (χ1) is 8.13. The Morgan fingerprint density at radius 2 is 2.35 bits per heavy atom. The maximum atomic E-state index is 12.3. The highest BCUT2D eigenvalue weighted by molar-refractivity contribution is 5.93. The Morgan fingerprint density at radius 1 is 1.59 bits per heavy atom. The fraction of sp³-hybridized carbons (Fsp3) is 0.667. The van der Waals surface area contributed by atoms with Crippen LogP contribution in [0.25, 0.3) is 0 Å². The lowest BCUT2D eigenvalue weighted by molar-refractivity contribution is 0.0601. The second-order valence-corrected chi connectivity index (χ2v) is 4.63. The molecule has 0 radical (unpaired) electrons. The second kappa shape index (κ2) is 4.77. The number of nitrogens with zero attached hydrogens (tertiary/aromatic N) is 3. The Morgan fingerprint density at radius 3 is 2.94 bits per heavy atom. The first-order valence-corrected chi connectivity index (χ1v) is 6.24. The number of carbonyl (C=O) groups excluding carboxylic acids is 1. The predicted molar refractivity (Wildman–Crippen MR) is 66.6 cm³/mol. The van der Waals surface area contributed by atoms with E-state index in [9.17, 15) is 4.79 Å². The van der Waals surface area contributed by atoms with Crippen molar-refractivity contribution in [3.63, 3.8) is 0 Å². The molecule has 17 heavy (non-hydrogen) atoms. The van der Waals surface area contributed by atoms with Gasteiger partial charge in [0, 0.05) is 25.7 Å². The Labute approximate surface area is 102 Å². The SMILES string of the molecule is CC[C@H]1CCCCN1C(=O)c1cc(N)n(C)n1. The quantitative estimate of drug-likeness (QED) is 0.844. The molecule has 0 aliphatic carbocycles. The van der Waals surface area contributed by atoms with Gasteiger partial charge >= 0.3 is 0 Å². The number of aryl methyl sites for hydroxylation is 1. The first-order valence-electron chi connectivity index (χ1n) is 6.24. The minimum atomic E-state index is 0.0175. The molecule has 94 valence electrons. The maximum absolute atomic E-state index is 12.3. The number of carbonyl (C=O) groups is 1. The molecule has 0 spiro atoms. The smallest absolute Gasteiger partial charge is 0.274 e. The van der Waals surface area contributed by atoms with Gasteiger partial charge in [0.2, 0.25) is 0 Å². The molecule has 1 aliphatic heterocycles. The lowest BCUT2D eigenvalue weighted by Gasteiger charge is -2.34. The van der Waals surface area contributed by atoms with Gasteiger partial charge in [0.15, 0.2) is 5.69 Å². The van der Waals surface area contributed by atoms with E-state index in [4.69, 9.17) is 5.73 Å². The third-order valence-corrected chi connectivity index (χ3v) is 3.49. The van der Waals surface area contributed by atoms with Crippen molar-refractivity contribution in [2.75, 3.05) is 12.3 Å². The van der Waals surface area contributed by atoms with Crippen LogP contribution in [0.1, 0.15) is 43.1 Å². The van der Waals surface area contributed by atoms with Crippen LogP contribution in [0.5, 0.6) is 0 Å². The molecule has 1 aromatic heterocycles. The highest BCUT2D eigenvalue weighted by Gasteiger charge is 2.27.